The van der Waals surface area contributed by atoms with E-state index < -0.39 is 11.6 Å². The highest BCUT2D eigenvalue weighted by molar-refractivity contribution is 5.75. The fourth-order valence-corrected chi connectivity index (χ4v) is 3.19. The predicted molar refractivity (Wildman–Crippen MR) is 71.0 cm³/mol. The molecule has 1 aliphatic rings. The van der Waals surface area contributed by atoms with Gasteiger partial charge in [-0.2, -0.15) is 0 Å². The van der Waals surface area contributed by atoms with E-state index in [9.17, 15) is 8.78 Å². The minimum absolute atomic E-state index is 0.184. The van der Waals surface area contributed by atoms with E-state index in [0.29, 0.717) is 17.0 Å². The van der Waals surface area contributed by atoms with Crippen LogP contribution in [0.5, 0.6) is 0 Å². The first-order chi connectivity index (χ1) is 8.97. The molecular weight excluding hydrogens is 246 g/mol. The molecule has 19 heavy (non-hydrogen) atoms. The van der Waals surface area contributed by atoms with Gasteiger partial charge in [-0.15, -0.1) is 0 Å². The Balaban J connectivity index is 2.05. The van der Waals surface area contributed by atoms with Crippen molar-refractivity contribution in [2.24, 2.45) is 5.41 Å². The number of fused-ring (bicyclic) bond motifs is 1. The molecule has 2 nitrogen and oxygen atoms in total. The number of aromatic nitrogens is 2. The lowest BCUT2D eigenvalue weighted by Gasteiger charge is -2.37. The Morgan fingerprint density at radius 2 is 1.95 bits per heavy atom. The van der Waals surface area contributed by atoms with Gasteiger partial charge in [0.25, 0.3) is 0 Å². The molecule has 0 spiro atoms. The highest BCUT2D eigenvalue weighted by Gasteiger charge is 2.35. The summed E-state index contributed by atoms with van der Waals surface area (Å²) in [6.07, 6.45) is 4.68. The van der Waals surface area contributed by atoms with Crippen molar-refractivity contribution in [1.29, 1.82) is 0 Å². The van der Waals surface area contributed by atoms with Crippen LogP contribution in [0.1, 0.15) is 51.3 Å². The van der Waals surface area contributed by atoms with Gasteiger partial charge in [0, 0.05) is 18.1 Å². The molecule has 1 aliphatic carbocycles. The third kappa shape index (κ3) is 2.13. The Morgan fingerprint density at radius 3 is 2.68 bits per heavy atom. The largest absolute Gasteiger partial charge is 0.342 e. The van der Waals surface area contributed by atoms with Crippen molar-refractivity contribution in [3.05, 3.63) is 29.6 Å². The molecule has 1 aromatic heterocycles. The predicted octanol–water partition coefficient (Wildman–Crippen LogP) is 4.52. The topological polar surface area (TPSA) is 28.7 Å². The number of nitrogens with zero attached hydrogens (tertiary/aromatic N) is 1. The average Bonchev–Trinajstić information content (AvgIpc) is 2.71. The van der Waals surface area contributed by atoms with Gasteiger partial charge in [-0.25, -0.2) is 13.8 Å². The summed E-state index contributed by atoms with van der Waals surface area (Å²) in [6, 6.07) is 2.36. The quantitative estimate of drug-likeness (QED) is 0.805. The van der Waals surface area contributed by atoms with E-state index in [2.05, 4.69) is 23.8 Å². The van der Waals surface area contributed by atoms with Gasteiger partial charge in [0.15, 0.2) is 11.6 Å². The third-order valence-corrected chi connectivity index (χ3v) is 4.38. The summed E-state index contributed by atoms with van der Waals surface area (Å²) < 4.78 is 26.5. The van der Waals surface area contributed by atoms with E-state index in [4.69, 9.17) is 0 Å². The Bertz CT molecular complexity index is 577. The van der Waals surface area contributed by atoms with Gasteiger partial charge < -0.3 is 4.98 Å². The molecule has 1 aromatic carbocycles. The molecule has 3 rings (SSSR count). The molecule has 4 heteroatoms. The van der Waals surface area contributed by atoms with E-state index >= 15 is 0 Å². The summed E-state index contributed by atoms with van der Waals surface area (Å²) in [5.74, 6) is -0.469. The van der Waals surface area contributed by atoms with Crippen LogP contribution in [-0.4, -0.2) is 9.97 Å². The minimum atomic E-state index is -0.839. The summed E-state index contributed by atoms with van der Waals surface area (Å²) in [6.45, 7) is 4.48. The van der Waals surface area contributed by atoms with Crippen molar-refractivity contribution in [2.45, 2.75) is 45.4 Å². The maximum Gasteiger partial charge on any atom is 0.161 e. The molecule has 1 atom stereocenters. The van der Waals surface area contributed by atoms with Crippen LogP contribution in [0.3, 0.4) is 0 Å². The highest BCUT2D eigenvalue weighted by atomic mass is 19.2. The third-order valence-electron chi connectivity index (χ3n) is 4.38. The van der Waals surface area contributed by atoms with Gasteiger partial charge in [-0.3, -0.25) is 0 Å². The van der Waals surface area contributed by atoms with Gasteiger partial charge in [0.05, 0.1) is 11.0 Å². The van der Waals surface area contributed by atoms with E-state index in [1.807, 2.05) is 0 Å². The van der Waals surface area contributed by atoms with Crippen molar-refractivity contribution in [2.75, 3.05) is 0 Å². The zero-order valence-corrected chi connectivity index (χ0v) is 11.3. The lowest BCUT2D eigenvalue weighted by Crippen LogP contribution is -2.26. The Kier molecular flexibility index (Phi) is 2.84. The molecule has 0 saturated heterocycles. The first kappa shape index (κ1) is 12.6. The van der Waals surface area contributed by atoms with Crippen LogP contribution < -0.4 is 0 Å². The minimum Gasteiger partial charge on any atom is -0.342 e. The second-order valence-electron chi connectivity index (χ2n) is 6.19. The van der Waals surface area contributed by atoms with Crippen LogP contribution in [0.4, 0.5) is 8.78 Å². The molecular formula is C15H18F2N2. The zero-order chi connectivity index (χ0) is 13.6. The van der Waals surface area contributed by atoms with Crippen LogP contribution in [0.25, 0.3) is 11.0 Å². The van der Waals surface area contributed by atoms with Crippen molar-refractivity contribution in [3.63, 3.8) is 0 Å². The smallest absolute Gasteiger partial charge is 0.161 e. The van der Waals surface area contributed by atoms with Crippen LogP contribution in [0, 0.1) is 17.0 Å². The van der Waals surface area contributed by atoms with Gasteiger partial charge >= 0.3 is 0 Å². The highest BCUT2D eigenvalue weighted by Crippen LogP contribution is 2.46. The molecule has 1 heterocycles. The molecule has 0 radical (unpaired) electrons. The van der Waals surface area contributed by atoms with E-state index in [-0.39, 0.29) is 5.41 Å². The number of aromatic amines is 1. The van der Waals surface area contributed by atoms with Crippen molar-refractivity contribution >= 4 is 11.0 Å². The fraction of sp³-hybridized carbons (Fsp3) is 0.533. The van der Waals surface area contributed by atoms with Gasteiger partial charge in [-0.05, 0) is 18.3 Å². The number of halogens is 2. The zero-order valence-electron chi connectivity index (χ0n) is 11.3. The molecule has 102 valence electrons. The second-order valence-corrected chi connectivity index (χ2v) is 6.19. The molecule has 0 amide bonds. The molecule has 1 saturated carbocycles. The first-order valence-corrected chi connectivity index (χ1v) is 6.82. The number of nitrogens with one attached hydrogen (secondary N) is 1. The van der Waals surface area contributed by atoms with Crippen LogP contribution in [-0.2, 0) is 0 Å². The molecule has 1 fully saturated rings. The number of rotatable bonds is 1. The Hall–Kier alpha value is -1.45. The van der Waals surface area contributed by atoms with Crippen molar-refractivity contribution in [1.82, 2.24) is 9.97 Å². The first-order valence-electron chi connectivity index (χ1n) is 6.82. The molecule has 1 unspecified atom stereocenters. The second kappa shape index (κ2) is 4.29. The SMILES string of the molecule is CC1(C)CCCCC1c1nc2cc(F)c(F)cc2[nH]1. The number of H-pyrrole nitrogens is 1. The lowest BCUT2D eigenvalue weighted by atomic mass is 9.68. The van der Waals surface area contributed by atoms with Crippen molar-refractivity contribution in [3.8, 4) is 0 Å². The summed E-state index contributed by atoms with van der Waals surface area (Å²) in [4.78, 5) is 7.64. The summed E-state index contributed by atoms with van der Waals surface area (Å²) >= 11 is 0. The number of benzene rings is 1. The van der Waals surface area contributed by atoms with Crippen LogP contribution in [0.2, 0.25) is 0 Å². The maximum atomic E-state index is 13.2. The maximum absolute atomic E-state index is 13.2. The summed E-state index contributed by atoms with van der Waals surface area (Å²) in [5, 5.41) is 0. The number of hydrogen-bond donors (Lipinski definition) is 1. The van der Waals surface area contributed by atoms with Crippen LogP contribution in [0.15, 0.2) is 12.1 Å². The monoisotopic (exact) mass is 264 g/mol. The Morgan fingerprint density at radius 1 is 1.21 bits per heavy atom. The average molecular weight is 264 g/mol. The Labute approximate surface area is 111 Å². The number of hydrogen-bond acceptors (Lipinski definition) is 1. The molecule has 1 N–H and O–H groups in total. The van der Waals surface area contributed by atoms with E-state index in [1.54, 1.807) is 0 Å². The summed E-state index contributed by atoms with van der Waals surface area (Å²) in [5.41, 5.74) is 1.27. The molecule has 0 aliphatic heterocycles. The number of imidazole rings is 1. The normalized spacial score (nSPS) is 22.8. The van der Waals surface area contributed by atoms with Gasteiger partial charge in [0.2, 0.25) is 0 Å². The van der Waals surface area contributed by atoms with E-state index in [1.165, 1.54) is 25.0 Å². The standard InChI is InChI=1S/C15H18F2N2/c1-15(2)6-4-3-5-9(15)14-18-12-7-10(16)11(17)8-13(12)19-14/h7-9H,3-6H2,1-2H3,(H,18,19). The summed E-state index contributed by atoms with van der Waals surface area (Å²) in [7, 11) is 0. The molecule has 0 bridgehead atoms. The fourth-order valence-electron chi connectivity index (χ4n) is 3.19. The van der Waals surface area contributed by atoms with Gasteiger partial charge in [-0.1, -0.05) is 26.7 Å². The molecule has 2 aromatic rings. The van der Waals surface area contributed by atoms with Crippen LogP contribution >= 0.6 is 0 Å². The van der Waals surface area contributed by atoms with E-state index in [0.717, 1.165) is 18.7 Å². The van der Waals surface area contributed by atoms with Crippen molar-refractivity contribution < 1.29 is 8.78 Å². The lowest BCUT2D eigenvalue weighted by molar-refractivity contribution is 0.193. The van der Waals surface area contributed by atoms with Gasteiger partial charge in [0.1, 0.15) is 5.82 Å².